The van der Waals surface area contributed by atoms with Crippen molar-refractivity contribution in [1.29, 1.82) is 5.26 Å². The highest BCUT2D eigenvalue weighted by atomic mass is 127. The summed E-state index contributed by atoms with van der Waals surface area (Å²) in [4.78, 5) is 12.4. The molecule has 0 aliphatic heterocycles. The van der Waals surface area contributed by atoms with Crippen molar-refractivity contribution in [1.82, 2.24) is 5.32 Å². The van der Waals surface area contributed by atoms with Crippen molar-refractivity contribution in [2.24, 2.45) is 0 Å². The summed E-state index contributed by atoms with van der Waals surface area (Å²) in [5, 5.41) is 12.2. The van der Waals surface area contributed by atoms with E-state index in [9.17, 15) is 14.4 Å². The van der Waals surface area contributed by atoms with E-state index in [2.05, 4.69) is 43.8 Å². The molecule has 0 heterocycles. The minimum atomic E-state index is -0.441. The minimum absolute atomic E-state index is 0.00654. The normalized spacial score (nSPS) is 11.0. The van der Waals surface area contributed by atoms with Crippen molar-refractivity contribution >= 4 is 50.5 Å². The number of rotatable bonds is 7. The Bertz CT molecular complexity index is 1140. The summed E-state index contributed by atoms with van der Waals surface area (Å²) in [7, 11) is 0. The Kier molecular flexibility index (Phi) is 8.20. The second-order valence-corrected chi connectivity index (χ2v) is 8.59. The molecule has 4 nitrogen and oxygen atoms in total. The molecule has 0 unspecified atom stereocenters. The summed E-state index contributed by atoms with van der Waals surface area (Å²) in [6, 6.07) is 21.2. The Hall–Kier alpha value is -2.70. The SMILES string of the molecule is N#C/C(=C/c1cc(Br)c(OCc2cccc(F)c2)c(I)c1)C(=O)NCc1ccccc1. The van der Waals surface area contributed by atoms with Crippen LogP contribution in [0.4, 0.5) is 4.39 Å². The second-order valence-electron chi connectivity index (χ2n) is 6.57. The number of carbonyl (C=O) groups is 1. The van der Waals surface area contributed by atoms with E-state index < -0.39 is 5.91 Å². The first-order valence-electron chi connectivity index (χ1n) is 9.26. The van der Waals surface area contributed by atoms with Crippen molar-refractivity contribution in [3.63, 3.8) is 0 Å². The van der Waals surface area contributed by atoms with Gasteiger partial charge in [0.2, 0.25) is 0 Å². The predicted octanol–water partition coefficient (Wildman–Crippen LogP) is 6.00. The van der Waals surface area contributed by atoms with Gasteiger partial charge in [-0.1, -0.05) is 42.5 Å². The molecule has 0 aliphatic rings. The number of ether oxygens (including phenoxy) is 1. The number of nitriles is 1. The van der Waals surface area contributed by atoms with Crippen LogP contribution < -0.4 is 10.1 Å². The summed E-state index contributed by atoms with van der Waals surface area (Å²) in [6.45, 7) is 0.555. The molecule has 0 saturated heterocycles. The lowest BCUT2D eigenvalue weighted by Crippen LogP contribution is -2.23. The topological polar surface area (TPSA) is 62.1 Å². The van der Waals surface area contributed by atoms with E-state index in [0.717, 1.165) is 9.13 Å². The van der Waals surface area contributed by atoms with Gasteiger partial charge in [0.15, 0.2) is 0 Å². The Morgan fingerprint density at radius 1 is 1.13 bits per heavy atom. The Balaban J connectivity index is 1.71. The third kappa shape index (κ3) is 6.64. The van der Waals surface area contributed by atoms with Gasteiger partial charge in [0, 0.05) is 6.54 Å². The van der Waals surface area contributed by atoms with E-state index >= 15 is 0 Å². The number of hydrogen-bond acceptors (Lipinski definition) is 3. The molecule has 1 N–H and O–H groups in total. The molecule has 3 aromatic rings. The fourth-order valence-electron chi connectivity index (χ4n) is 2.77. The molecule has 0 bridgehead atoms. The van der Waals surface area contributed by atoms with Gasteiger partial charge in [0.25, 0.3) is 5.91 Å². The summed E-state index contributed by atoms with van der Waals surface area (Å²) in [6.07, 6.45) is 1.53. The molecule has 0 saturated carbocycles. The van der Waals surface area contributed by atoms with Gasteiger partial charge in [-0.2, -0.15) is 5.26 Å². The molecule has 3 aromatic carbocycles. The van der Waals surface area contributed by atoms with Gasteiger partial charge in [-0.05, 0) is 85.6 Å². The Morgan fingerprint density at radius 2 is 1.87 bits per heavy atom. The molecule has 1 amide bonds. The maximum Gasteiger partial charge on any atom is 0.262 e. The zero-order chi connectivity index (χ0) is 22.2. The third-order valence-electron chi connectivity index (χ3n) is 4.26. The molecule has 31 heavy (non-hydrogen) atoms. The first-order chi connectivity index (χ1) is 15.0. The summed E-state index contributed by atoms with van der Waals surface area (Å²) in [5.74, 6) is -0.150. The van der Waals surface area contributed by atoms with Crippen LogP contribution in [0, 0.1) is 20.7 Å². The van der Waals surface area contributed by atoms with Crippen LogP contribution >= 0.6 is 38.5 Å². The summed E-state index contributed by atoms with van der Waals surface area (Å²) < 4.78 is 20.6. The van der Waals surface area contributed by atoms with Gasteiger partial charge >= 0.3 is 0 Å². The highest BCUT2D eigenvalue weighted by molar-refractivity contribution is 14.1. The van der Waals surface area contributed by atoms with Crippen LogP contribution in [0.5, 0.6) is 5.75 Å². The van der Waals surface area contributed by atoms with Crippen molar-refractivity contribution in [2.45, 2.75) is 13.2 Å². The van der Waals surface area contributed by atoms with Crippen LogP contribution in [0.15, 0.2) is 76.8 Å². The van der Waals surface area contributed by atoms with Crippen LogP contribution in [0.25, 0.3) is 6.08 Å². The number of halogens is 3. The second kappa shape index (κ2) is 11.1. The number of benzene rings is 3. The van der Waals surface area contributed by atoms with Crippen LogP contribution in [0.3, 0.4) is 0 Å². The van der Waals surface area contributed by atoms with Crippen molar-refractivity contribution in [3.8, 4) is 11.8 Å². The molecule has 7 heteroatoms. The van der Waals surface area contributed by atoms with Gasteiger partial charge in [-0.3, -0.25) is 4.79 Å². The van der Waals surface area contributed by atoms with Gasteiger partial charge in [-0.15, -0.1) is 0 Å². The van der Waals surface area contributed by atoms with E-state index in [0.29, 0.717) is 27.9 Å². The van der Waals surface area contributed by atoms with E-state index in [1.165, 1.54) is 18.2 Å². The number of nitrogens with one attached hydrogen (secondary N) is 1. The standard InChI is InChI=1S/C24H17BrFIN2O2/c25-21-11-18(9-19(13-28)24(30)29-14-16-5-2-1-3-6-16)12-22(27)23(21)31-15-17-7-4-8-20(26)10-17/h1-12H,14-15H2,(H,29,30)/b19-9-. The van der Waals surface area contributed by atoms with Crippen molar-refractivity contribution in [3.05, 3.63) is 103 Å². The van der Waals surface area contributed by atoms with Crippen LogP contribution in [-0.2, 0) is 17.9 Å². The molecule has 0 radical (unpaired) electrons. The van der Waals surface area contributed by atoms with Gasteiger partial charge in [-0.25, -0.2) is 4.39 Å². The molecule has 0 aromatic heterocycles. The van der Waals surface area contributed by atoms with Crippen molar-refractivity contribution < 1.29 is 13.9 Å². The van der Waals surface area contributed by atoms with E-state index in [1.807, 2.05) is 42.5 Å². The zero-order valence-electron chi connectivity index (χ0n) is 16.2. The number of nitrogens with zero attached hydrogens (tertiary/aromatic N) is 1. The van der Waals surface area contributed by atoms with Crippen LogP contribution in [0.1, 0.15) is 16.7 Å². The van der Waals surface area contributed by atoms with Crippen LogP contribution in [-0.4, -0.2) is 5.91 Å². The lowest BCUT2D eigenvalue weighted by atomic mass is 10.1. The lowest BCUT2D eigenvalue weighted by molar-refractivity contribution is -0.117. The molecule has 3 rings (SSSR count). The zero-order valence-corrected chi connectivity index (χ0v) is 20.0. The van der Waals surface area contributed by atoms with E-state index in [4.69, 9.17) is 4.74 Å². The van der Waals surface area contributed by atoms with Gasteiger partial charge in [0.05, 0.1) is 8.04 Å². The largest absolute Gasteiger partial charge is 0.487 e. The highest BCUT2D eigenvalue weighted by Crippen LogP contribution is 2.33. The molecule has 0 atom stereocenters. The summed E-state index contributed by atoms with van der Waals surface area (Å²) in [5.41, 5.74) is 2.35. The molecular formula is C24H17BrFIN2O2. The highest BCUT2D eigenvalue weighted by Gasteiger charge is 2.12. The van der Waals surface area contributed by atoms with Gasteiger partial charge in [0.1, 0.15) is 29.8 Å². The Labute approximate surface area is 202 Å². The predicted molar refractivity (Wildman–Crippen MR) is 129 cm³/mol. The molecule has 0 aliphatic carbocycles. The minimum Gasteiger partial charge on any atom is -0.487 e. The average molecular weight is 591 g/mol. The number of hydrogen-bond donors (Lipinski definition) is 1. The molecular weight excluding hydrogens is 574 g/mol. The third-order valence-corrected chi connectivity index (χ3v) is 5.66. The van der Waals surface area contributed by atoms with Crippen LogP contribution in [0.2, 0.25) is 0 Å². The first kappa shape index (κ1) is 23.0. The fraction of sp³-hybridized carbons (Fsp3) is 0.0833. The molecule has 156 valence electrons. The average Bonchev–Trinajstić information content (AvgIpc) is 2.76. The fourth-order valence-corrected chi connectivity index (χ4v) is 4.54. The first-order valence-corrected chi connectivity index (χ1v) is 11.1. The van der Waals surface area contributed by atoms with E-state index in [1.54, 1.807) is 18.2 Å². The molecule has 0 spiro atoms. The van der Waals surface area contributed by atoms with Gasteiger partial charge < -0.3 is 10.1 Å². The molecule has 0 fully saturated rings. The number of carbonyl (C=O) groups excluding carboxylic acids is 1. The summed E-state index contributed by atoms with van der Waals surface area (Å²) >= 11 is 5.60. The monoisotopic (exact) mass is 590 g/mol. The van der Waals surface area contributed by atoms with E-state index in [-0.39, 0.29) is 18.0 Å². The maximum atomic E-state index is 13.3. The number of amides is 1. The smallest absolute Gasteiger partial charge is 0.262 e. The lowest BCUT2D eigenvalue weighted by Gasteiger charge is -2.12. The maximum absolute atomic E-state index is 13.3. The Morgan fingerprint density at radius 3 is 2.55 bits per heavy atom. The van der Waals surface area contributed by atoms with Crippen molar-refractivity contribution in [2.75, 3.05) is 0 Å². The quantitative estimate of drug-likeness (QED) is 0.209.